The smallest absolute Gasteiger partial charge is 0.310 e. The van der Waals surface area contributed by atoms with Gasteiger partial charge in [0, 0.05) is 23.9 Å². The molecule has 1 rings (SSSR count). The van der Waals surface area contributed by atoms with Crippen molar-refractivity contribution >= 4 is 5.97 Å². The fourth-order valence-corrected chi connectivity index (χ4v) is 1.69. The van der Waals surface area contributed by atoms with Crippen molar-refractivity contribution in [3.63, 3.8) is 0 Å². The average molecular weight is 269 g/mol. The van der Waals surface area contributed by atoms with Crippen LogP contribution in [0.25, 0.3) is 0 Å². The maximum atomic E-state index is 13.1. The Balaban J connectivity index is 3.25. The van der Waals surface area contributed by atoms with Crippen molar-refractivity contribution in [2.24, 2.45) is 5.73 Å². The topological polar surface area (TPSA) is 89.0 Å². The Hall–Kier alpha value is -2.07. The van der Waals surface area contributed by atoms with Gasteiger partial charge in [0.25, 0.3) is 6.43 Å². The van der Waals surface area contributed by atoms with Crippen molar-refractivity contribution in [3.05, 3.63) is 28.6 Å². The van der Waals surface area contributed by atoms with Gasteiger partial charge in [-0.25, -0.2) is 13.8 Å². The summed E-state index contributed by atoms with van der Waals surface area (Å²) in [7, 11) is 0. The second-order valence-electron chi connectivity index (χ2n) is 3.62. The van der Waals surface area contributed by atoms with Crippen LogP contribution in [-0.2, 0) is 22.5 Å². The largest absolute Gasteiger partial charge is 0.466 e. The highest BCUT2D eigenvalue weighted by Gasteiger charge is 2.22. The number of aromatic nitrogens is 1. The van der Waals surface area contributed by atoms with Gasteiger partial charge in [-0.15, -0.1) is 0 Å². The van der Waals surface area contributed by atoms with Gasteiger partial charge in [-0.3, -0.25) is 4.79 Å². The Morgan fingerprint density at radius 1 is 1.63 bits per heavy atom. The molecule has 0 atom stereocenters. The molecule has 0 bridgehead atoms. The van der Waals surface area contributed by atoms with Gasteiger partial charge >= 0.3 is 5.97 Å². The number of nitrogens with zero attached hydrogens (tertiary/aromatic N) is 2. The summed E-state index contributed by atoms with van der Waals surface area (Å²) in [5.41, 5.74) is 4.84. The second-order valence-corrected chi connectivity index (χ2v) is 3.62. The third-order valence-corrected chi connectivity index (χ3v) is 2.47. The van der Waals surface area contributed by atoms with Gasteiger partial charge in [-0.2, -0.15) is 5.26 Å². The lowest BCUT2D eigenvalue weighted by atomic mass is 9.99. The third-order valence-electron chi connectivity index (χ3n) is 2.47. The number of carbonyl (C=O) groups is 1. The van der Waals surface area contributed by atoms with Gasteiger partial charge in [0.05, 0.1) is 13.0 Å². The minimum absolute atomic E-state index is 0.0284. The molecule has 0 saturated heterocycles. The van der Waals surface area contributed by atoms with Gasteiger partial charge in [-0.1, -0.05) is 0 Å². The predicted octanol–water partition coefficient (Wildman–Crippen LogP) is 1.46. The predicted molar refractivity (Wildman–Crippen MR) is 62.1 cm³/mol. The number of halogens is 2. The minimum atomic E-state index is -2.84. The lowest BCUT2D eigenvalue weighted by Gasteiger charge is -2.13. The number of esters is 1. The van der Waals surface area contributed by atoms with E-state index in [9.17, 15) is 13.6 Å². The van der Waals surface area contributed by atoms with Crippen LogP contribution in [0.3, 0.4) is 0 Å². The van der Waals surface area contributed by atoms with E-state index < -0.39 is 18.0 Å². The summed E-state index contributed by atoms with van der Waals surface area (Å²) < 4.78 is 30.9. The van der Waals surface area contributed by atoms with Crippen LogP contribution in [-0.4, -0.2) is 17.6 Å². The normalized spacial score (nSPS) is 10.3. The first-order valence-corrected chi connectivity index (χ1v) is 5.59. The van der Waals surface area contributed by atoms with Crippen LogP contribution in [0.1, 0.15) is 35.7 Å². The Labute approximate surface area is 109 Å². The number of pyridine rings is 1. The van der Waals surface area contributed by atoms with E-state index in [0.717, 1.165) is 6.20 Å². The Morgan fingerprint density at radius 3 is 2.79 bits per heavy atom. The molecule has 0 aromatic carbocycles. The molecule has 5 nitrogen and oxygen atoms in total. The minimum Gasteiger partial charge on any atom is -0.466 e. The molecule has 1 aromatic heterocycles. The van der Waals surface area contributed by atoms with E-state index in [1.54, 1.807) is 13.0 Å². The van der Waals surface area contributed by atoms with Gasteiger partial charge in [0.15, 0.2) is 0 Å². The number of nitrogens with two attached hydrogens (primary N) is 1. The summed E-state index contributed by atoms with van der Waals surface area (Å²) in [5.74, 6) is -0.626. The number of rotatable bonds is 5. The summed E-state index contributed by atoms with van der Waals surface area (Å²) in [6.07, 6.45) is -2.06. The first-order valence-electron chi connectivity index (χ1n) is 5.59. The molecule has 0 amide bonds. The average Bonchev–Trinajstić information content (AvgIpc) is 2.37. The molecule has 19 heavy (non-hydrogen) atoms. The molecule has 7 heteroatoms. The van der Waals surface area contributed by atoms with Crippen molar-refractivity contribution < 1.29 is 18.3 Å². The first kappa shape index (κ1) is 15.0. The quantitative estimate of drug-likeness (QED) is 0.817. The van der Waals surface area contributed by atoms with Crippen LogP contribution in [0.2, 0.25) is 0 Å². The molecule has 0 spiro atoms. The van der Waals surface area contributed by atoms with Gasteiger partial charge in [-0.05, 0) is 12.5 Å². The first-order chi connectivity index (χ1) is 9.04. The maximum Gasteiger partial charge on any atom is 0.310 e. The highest BCUT2D eigenvalue weighted by molar-refractivity contribution is 5.73. The summed E-state index contributed by atoms with van der Waals surface area (Å²) >= 11 is 0. The van der Waals surface area contributed by atoms with Crippen LogP contribution >= 0.6 is 0 Å². The number of hydrogen-bond donors (Lipinski definition) is 1. The molecule has 1 heterocycles. The molecule has 0 fully saturated rings. The lowest BCUT2D eigenvalue weighted by molar-refractivity contribution is -0.142. The van der Waals surface area contributed by atoms with Crippen LogP contribution in [0.4, 0.5) is 8.78 Å². The van der Waals surface area contributed by atoms with Gasteiger partial charge in [0.2, 0.25) is 0 Å². The monoisotopic (exact) mass is 269 g/mol. The molecular weight excluding hydrogens is 256 g/mol. The zero-order chi connectivity index (χ0) is 14.4. The van der Waals surface area contributed by atoms with Crippen molar-refractivity contribution in [2.45, 2.75) is 26.3 Å². The van der Waals surface area contributed by atoms with E-state index in [-0.39, 0.29) is 36.4 Å². The molecule has 0 aliphatic heterocycles. The van der Waals surface area contributed by atoms with E-state index >= 15 is 0 Å². The maximum absolute atomic E-state index is 13.1. The fourth-order valence-electron chi connectivity index (χ4n) is 1.69. The molecule has 2 N–H and O–H groups in total. The summed E-state index contributed by atoms with van der Waals surface area (Å²) in [6, 6.07) is 1.71. The second kappa shape index (κ2) is 6.75. The Morgan fingerprint density at radius 2 is 2.32 bits per heavy atom. The van der Waals surface area contributed by atoms with Crippen LogP contribution in [0, 0.1) is 11.3 Å². The summed E-state index contributed by atoms with van der Waals surface area (Å²) in [4.78, 5) is 15.1. The highest BCUT2D eigenvalue weighted by atomic mass is 19.3. The van der Waals surface area contributed by atoms with Crippen molar-refractivity contribution in [1.29, 1.82) is 5.26 Å². The molecule has 0 aliphatic rings. The lowest BCUT2D eigenvalue weighted by Crippen LogP contribution is -2.14. The molecule has 1 aromatic rings. The standard InChI is InChI=1S/C12H13F2N3O2/c1-2-19-10(18)3-7-6-17-9(5-16)8(4-15)11(7)12(13)14/h6,12H,2-4,15H2,1H3. The zero-order valence-electron chi connectivity index (χ0n) is 10.3. The number of ether oxygens (including phenoxy) is 1. The van der Waals surface area contributed by atoms with Crippen LogP contribution in [0.5, 0.6) is 0 Å². The SMILES string of the molecule is CCOC(=O)Cc1cnc(C#N)c(CN)c1C(F)F. The van der Waals surface area contributed by atoms with Gasteiger partial charge in [0.1, 0.15) is 11.8 Å². The molecule has 0 aliphatic carbocycles. The third kappa shape index (κ3) is 3.45. The van der Waals surface area contributed by atoms with Crippen LogP contribution < -0.4 is 5.73 Å². The highest BCUT2D eigenvalue weighted by Crippen LogP contribution is 2.28. The number of nitriles is 1. The van der Waals surface area contributed by atoms with E-state index in [4.69, 9.17) is 15.7 Å². The number of alkyl halides is 2. The van der Waals surface area contributed by atoms with Crippen molar-refractivity contribution in [3.8, 4) is 6.07 Å². The number of hydrogen-bond acceptors (Lipinski definition) is 5. The molecule has 0 saturated carbocycles. The summed E-state index contributed by atoms with van der Waals surface area (Å²) in [6.45, 7) is 1.54. The van der Waals surface area contributed by atoms with Crippen molar-refractivity contribution in [2.75, 3.05) is 6.61 Å². The Kier molecular flexibility index (Phi) is 5.33. The molecule has 0 radical (unpaired) electrons. The van der Waals surface area contributed by atoms with E-state index in [1.165, 1.54) is 0 Å². The van der Waals surface area contributed by atoms with E-state index in [2.05, 4.69) is 4.98 Å². The Bertz CT molecular complexity index is 512. The molecule has 102 valence electrons. The zero-order valence-corrected chi connectivity index (χ0v) is 10.3. The van der Waals surface area contributed by atoms with E-state index in [0.29, 0.717) is 0 Å². The fraction of sp³-hybridized carbons (Fsp3) is 0.417. The molecule has 0 unspecified atom stereocenters. The van der Waals surface area contributed by atoms with Gasteiger partial charge < -0.3 is 10.5 Å². The van der Waals surface area contributed by atoms with E-state index in [1.807, 2.05) is 0 Å². The van der Waals surface area contributed by atoms with Crippen molar-refractivity contribution in [1.82, 2.24) is 4.98 Å². The summed E-state index contributed by atoms with van der Waals surface area (Å²) in [5, 5.41) is 8.81. The van der Waals surface area contributed by atoms with Crippen LogP contribution in [0.15, 0.2) is 6.20 Å². The number of carbonyl (C=O) groups excluding carboxylic acids is 1. The molecular formula is C12H13F2N3O2.